The van der Waals surface area contributed by atoms with Crippen LogP contribution in [0.3, 0.4) is 0 Å². The Kier molecular flexibility index (Phi) is 4.58. The van der Waals surface area contributed by atoms with Crippen molar-refractivity contribution in [3.05, 3.63) is 63.1 Å². The standard InChI is InChI=1S/C17H14Cl2OS/c18-15-7-6-14(9-16(15)19)21-10-17(20)13-5-4-11-2-1-3-12(11)8-13/h4-9H,1-3,10H2. The zero-order chi connectivity index (χ0) is 14.8. The van der Waals surface area contributed by atoms with Crippen LogP contribution in [-0.2, 0) is 12.8 Å². The second kappa shape index (κ2) is 6.43. The zero-order valence-electron chi connectivity index (χ0n) is 11.4. The number of carbonyl (C=O) groups is 1. The van der Waals surface area contributed by atoms with E-state index < -0.39 is 0 Å². The summed E-state index contributed by atoms with van der Waals surface area (Å²) in [5.41, 5.74) is 3.53. The number of carbonyl (C=O) groups excluding carboxylic acids is 1. The molecule has 0 saturated carbocycles. The second-order valence-corrected chi connectivity index (χ2v) is 6.99. The van der Waals surface area contributed by atoms with Crippen molar-refractivity contribution in [1.82, 2.24) is 0 Å². The number of Topliss-reactive ketones (excluding diaryl/α,β-unsaturated/α-hetero) is 1. The lowest BCUT2D eigenvalue weighted by Gasteiger charge is -2.05. The number of hydrogen-bond acceptors (Lipinski definition) is 2. The minimum atomic E-state index is 0.153. The van der Waals surface area contributed by atoms with Crippen LogP contribution in [0.1, 0.15) is 27.9 Å². The quantitative estimate of drug-likeness (QED) is 0.544. The van der Waals surface area contributed by atoms with E-state index in [4.69, 9.17) is 23.2 Å². The number of halogens is 2. The average Bonchev–Trinajstić information content (AvgIpc) is 2.95. The van der Waals surface area contributed by atoms with Gasteiger partial charge in [0.1, 0.15) is 0 Å². The number of hydrogen-bond donors (Lipinski definition) is 0. The highest BCUT2D eigenvalue weighted by Gasteiger charge is 2.14. The molecule has 1 aliphatic rings. The summed E-state index contributed by atoms with van der Waals surface area (Å²) < 4.78 is 0. The zero-order valence-corrected chi connectivity index (χ0v) is 13.7. The predicted molar refractivity (Wildman–Crippen MR) is 90.0 cm³/mol. The van der Waals surface area contributed by atoms with E-state index in [0.717, 1.165) is 23.3 Å². The van der Waals surface area contributed by atoms with E-state index >= 15 is 0 Å². The van der Waals surface area contributed by atoms with Crippen molar-refractivity contribution < 1.29 is 4.79 Å². The summed E-state index contributed by atoms with van der Waals surface area (Å²) >= 11 is 13.4. The molecule has 0 heterocycles. The van der Waals surface area contributed by atoms with E-state index in [0.29, 0.717) is 15.8 Å². The highest BCUT2D eigenvalue weighted by atomic mass is 35.5. The summed E-state index contributed by atoms with van der Waals surface area (Å²) in [5.74, 6) is 0.567. The maximum Gasteiger partial charge on any atom is 0.173 e. The lowest BCUT2D eigenvalue weighted by molar-refractivity contribution is 0.102. The lowest BCUT2D eigenvalue weighted by atomic mass is 10.0. The fraction of sp³-hybridized carbons (Fsp3) is 0.235. The van der Waals surface area contributed by atoms with Crippen molar-refractivity contribution in [3.63, 3.8) is 0 Å². The Hall–Kier alpha value is -0.960. The molecule has 0 bridgehead atoms. The third kappa shape index (κ3) is 3.45. The van der Waals surface area contributed by atoms with Gasteiger partial charge in [-0.2, -0.15) is 0 Å². The van der Waals surface area contributed by atoms with Gasteiger partial charge in [0.15, 0.2) is 5.78 Å². The Morgan fingerprint density at radius 2 is 1.81 bits per heavy atom. The molecule has 4 heteroatoms. The average molecular weight is 337 g/mol. The number of ketones is 1. The van der Waals surface area contributed by atoms with Crippen molar-refractivity contribution in [2.75, 3.05) is 5.75 Å². The Morgan fingerprint density at radius 3 is 2.62 bits per heavy atom. The molecule has 0 amide bonds. The molecular weight excluding hydrogens is 323 g/mol. The molecule has 0 radical (unpaired) electrons. The van der Waals surface area contributed by atoms with Gasteiger partial charge in [0.05, 0.1) is 15.8 Å². The molecule has 0 spiro atoms. The highest BCUT2D eigenvalue weighted by Crippen LogP contribution is 2.29. The second-order valence-electron chi connectivity index (χ2n) is 5.12. The van der Waals surface area contributed by atoms with Crippen molar-refractivity contribution >= 4 is 40.7 Å². The van der Waals surface area contributed by atoms with Gasteiger partial charge in [-0.3, -0.25) is 4.79 Å². The fourth-order valence-corrected chi connectivity index (χ4v) is 3.74. The molecule has 0 aromatic heterocycles. The van der Waals surface area contributed by atoms with Crippen molar-refractivity contribution in [3.8, 4) is 0 Å². The minimum absolute atomic E-state index is 0.153. The molecular formula is C17H14Cl2OS. The van der Waals surface area contributed by atoms with E-state index in [1.165, 1.54) is 29.3 Å². The van der Waals surface area contributed by atoms with Crippen molar-refractivity contribution in [2.24, 2.45) is 0 Å². The first kappa shape index (κ1) is 15.0. The summed E-state index contributed by atoms with van der Waals surface area (Å²) in [6.45, 7) is 0. The number of benzene rings is 2. The molecule has 2 aromatic rings. The Bertz CT molecular complexity index is 697. The predicted octanol–water partition coefficient (Wildman–Crippen LogP) is 5.46. The van der Waals surface area contributed by atoms with Gasteiger partial charge in [0.2, 0.25) is 0 Å². The first-order valence-electron chi connectivity index (χ1n) is 6.86. The maximum absolute atomic E-state index is 12.3. The van der Waals surface area contributed by atoms with Crippen molar-refractivity contribution in [1.29, 1.82) is 0 Å². The van der Waals surface area contributed by atoms with Gasteiger partial charge in [-0.05, 0) is 54.7 Å². The SMILES string of the molecule is O=C(CSc1ccc(Cl)c(Cl)c1)c1ccc2c(c1)CCC2. The number of rotatable bonds is 4. The van der Waals surface area contributed by atoms with Gasteiger partial charge in [-0.25, -0.2) is 0 Å². The largest absolute Gasteiger partial charge is 0.293 e. The van der Waals surface area contributed by atoms with Crippen LogP contribution in [0, 0.1) is 0 Å². The highest BCUT2D eigenvalue weighted by molar-refractivity contribution is 8.00. The van der Waals surface area contributed by atoms with E-state index in [2.05, 4.69) is 12.1 Å². The number of fused-ring (bicyclic) bond motifs is 1. The van der Waals surface area contributed by atoms with E-state index in [1.54, 1.807) is 12.1 Å². The van der Waals surface area contributed by atoms with Crippen LogP contribution in [-0.4, -0.2) is 11.5 Å². The molecule has 0 N–H and O–H groups in total. The van der Waals surface area contributed by atoms with Crippen molar-refractivity contribution in [2.45, 2.75) is 24.2 Å². The van der Waals surface area contributed by atoms with Crippen LogP contribution in [0.4, 0.5) is 0 Å². The van der Waals surface area contributed by atoms with E-state index in [9.17, 15) is 4.79 Å². The number of thioether (sulfide) groups is 1. The van der Waals surface area contributed by atoms with Crippen LogP contribution in [0.5, 0.6) is 0 Å². The molecule has 1 nitrogen and oxygen atoms in total. The summed E-state index contributed by atoms with van der Waals surface area (Å²) in [4.78, 5) is 13.2. The third-order valence-corrected chi connectivity index (χ3v) is 5.41. The summed E-state index contributed by atoms with van der Waals surface area (Å²) in [6, 6.07) is 11.5. The summed E-state index contributed by atoms with van der Waals surface area (Å²) in [6.07, 6.45) is 3.43. The summed E-state index contributed by atoms with van der Waals surface area (Å²) in [5, 5.41) is 1.05. The lowest BCUT2D eigenvalue weighted by Crippen LogP contribution is -2.03. The Balaban J connectivity index is 1.67. The molecule has 0 fully saturated rings. The van der Waals surface area contributed by atoms with Gasteiger partial charge < -0.3 is 0 Å². The molecule has 0 unspecified atom stereocenters. The van der Waals surface area contributed by atoms with Crippen LogP contribution in [0.25, 0.3) is 0 Å². The van der Waals surface area contributed by atoms with Crippen LogP contribution < -0.4 is 0 Å². The Morgan fingerprint density at radius 1 is 1.00 bits per heavy atom. The Labute approximate surface area is 138 Å². The number of aryl methyl sites for hydroxylation is 2. The molecule has 3 rings (SSSR count). The minimum Gasteiger partial charge on any atom is -0.293 e. The molecule has 1 aliphatic carbocycles. The van der Waals surface area contributed by atoms with Crippen LogP contribution in [0.2, 0.25) is 10.0 Å². The molecule has 0 saturated heterocycles. The molecule has 2 aromatic carbocycles. The first-order valence-corrected chi connectivity index (χ1v) is 8.60. The van der Waals surface area contributed by atoms with Gasteiger partial charge in [0, 0.05) is 10.5 Å². The normalized spacial score (nSPS) is 13.2. The smallest absolute Gasteiger partial charge is 0.173 e. The van der Waals surface area contributed by atoms with Crippen LogP contribution in [0.15, 0.2) is 41.3 Å². The van der Waals surface area contributed by atoms with E-state index in [1.807, 2.05) is 12.1 Å². The van der Waals surface area contributed by atoms with Crippen LogP contribution >= 0.6 is 35.0 Å². The summed E-state index contributed by atoms with van der Waals surface area (Å²) in [7, 11) is 0. The molecule has 108 valence electrons. The first-order chi connectivity index (χ1) is 10.1. The third-order valence-electron chi connectivity index (χ3n) is 3.68. The van der Waals surface area contributed by atoms with Gasteiger partial charge in [-0.1, -0.05) is 35.3 Å². The monoisotopic (exact) mass is 336 g/mol. The van der Waals surface area contributed by atoms with Gasteiger partial charge >= 0.3 is 0 Å². The molecule has 0 atom stereocenters. The topological polar surface area (TPSA) is 17.1 Å². The fourth-order valence-electron chi connectivity index (χ4n) is 2.54. The van der Waals surface area contributed by atoms with Gasteiger partial charge in [-0.15, -0.1) is 11.8 Å². The van der Waals surface area contributed by atoms with E-state index in [-0.39, 0.29) is 5.78 Å². The molecule has 0 aliphatic heterocycles. The maximum atomic E-state index is 12.3. The molecule has 21 heavy (non-hydrogen) atoms. The van der Waals surface area contributed by atoms with Gasteiger partial charge in [0.25, 0.3) is 0 Å².